The summed E-state index contributed by atoms with van der Waals surface area (Å²) in [5.74, 6) is 0.864. The van der Waals surface area contributed by atoms with Crippen molar-refractivity contribution in [3.8, 4) is 0 Å². The van der Waals surface area contributed by atoms with Crippen LogP contribution in [0.15, 0.2) is 0 Å². The molecule has 1 aliphatic heterocycles. The molecular weight excluding hydrogens is 242 g/mol. The molecule has 19 heavy (non-hydrogen) atoms. The highest BCUT2D eigenvalue weighted by molar-refractivity contribution is 5.99. The van der Waals surface area contributed by atoms with Gasteiger partial charge in [0, 0.05) is 26.2 Å². The second-order valence-electron chi connectivity index (χ2n) is 5.48. The summed E-state index contributed by atoms with van der Waals surface area (Å²) in [4.78, 5) is 13.8. The molecule has 1 aromatic rings. The summed E-state index contributed by atoms with van der Waals surface area (Å²) in [5, 5.41) is 4.32. The standard InChI is InChI=1S/C13H23N5O/c1-8(14)10-5-4-6-18(7-10)13-11(12(15)19)9(2)16-17(13)3/h8,10H,4-7,14H2,1-3H3,(H2,15,19). The lowest BCUT2D eigenvalue weighted by atomic mass is 9.92. The molecule has 6 heteroatoms. The molecule has 2 rings (SSSR count). The molecule has 0 aliphatic carbocycles. The molecule has 106 valence electrons. The third kappa shape index (κ3) is 2.58. The molecule has 1 aromatic heterocycles. The van der Waals surface area contributed by atoms with Crippen LogP contribution in [0.2, 0.25) is 0 Å². The van der Waals surface area contributed by atoms with Gasteiger partial charge in [-0.1, -0.05) is 0 Å². The Morgan fingerprint density at radius 3 is 2.79 bits per heavy atom. The highest BCUT2D eigenvalue weighted by Gasteiger charge is 2.28. The van der Waals surface area contributed by atoms with Gasteiger partial charge < -0.3 is 16.4 Å². The minimum absolute atomic E-state index is 0.161. The van der Waals surface area contributed by atoms with E-state index in [9.17, 15) is 4.79 Å². The van der Waals surface area contributed by atoms with E-state index in [4.69, 9.17) is 11.5 Å². The first-order valence-electron chi connectivity index (χ1n) is 6.75. The number of nitrogens with zero attached hydrogens (tertiary/aromatic N) is 3. The molecule has 0 saturated carbocycles. The lowest BCUT2D eigenvalue weighted by Gasteiger charge is -2.36. The Kier molecular flexibility index (Phi) is 3.80. The highest BCUT2D eigenvalue weighted by atomic mass is 16.1. The summed E-state index contributed by atoms with van der Waals surface area (Å²) < 4.78 is 1.75. The molecule has 6 nitrogen and oxygen atoms in total. The minimum Gasteiger partial charge on any atom is -0.365 e. The van der Waals surface area contributed by atoms with Crippen LogP contribution in [-0.2, 0) is 7.05 Å². The van der Waals surface area contributed by atoms with Crippen molar-refractivity contribution in [2.75, 3.05) is 18.0 Å². The maximum Gasteiger partial charge on any atom is 0.254 e. The van der Waals surface area contributed by atoms with Gasteiger partial charge in [-0.2, -0.15) is 5.10 Å². The van der Waals surface area contributed by atoms with E-state index < -0.39 is 5.91 Å². The fourth-order valence-electron chi connectivity index (χ4n) is 2.93. The molecule has 2 unspecified atom stereocenters. The summed E-state index contributed by atoms with van der Waals surface area (Å²) in [7, 11) is 1.85. The van der Waals surface area contributed by atoms with E-state index in [2.05, 4.69) is 10.00 Å². The first-order chi connectivity index (χ1) is 8.91. The topological polar surface area (TPSA) is 90.2 Å². The van der Waals surface area contributed by atoms with Gasteiger partial charge in [0.15, 0.2) is 0 Å². The van der Waals surface area contributed by atoms with Gasteiger partial charge in [0.25, 0.3) is 5.91 Å². The number of nitrogens with two attached hydrogens (primary N) is 2. The van der Waals surface area contributed by atoms with Crippen LogP contribution in [-0.4, -0.2) is 34.8 Å². The van der Waals surface area contributed by atoms with E-state index in [1.54, 1.807) is 4.68 Å². The van der Waals surface area contributed by atoms with Gasteiger partial charge in [-0.3, -0.25) is 9.48 Å². The molecule has 4 N–H and O–H groups in total. The third-order valence-electron chi connectivity index (χ3n) is 3.94. The number of carbonyl (C=O) groups is 1. The predicted molar refractivity (Wildman–Crippen MR) is 75.0 cm³/mol. The molecule has 0 spiro atoms. The quantitative estimate of drug-likeness (QED) is 0.827. The molecule has 1 aliphatic rings. The Morgan fingerprint density at radius 2 is 2.21 bits per heavy atom. The van der Waals surface area contributed by atoms with E-state index in [0.29, 0.717) is 17.2 Å². The monoisotopic (exact) mass is 265 g/mol. The van der Waals surface area contributed by atoms with Crippen molar-refractivity contribution in [1.29, 1.82) is 0 Å². The fourth-order valence-corrected chi connectivity index (χ4v) is 2.93. The Labute approximate surface area is 113 Å². The van der Waals surface area contributed by atoms with E-state index in [-0.39, 0.29) is 6.04 Å². The normalized spacial score (nSPS) is 21.5. The van der Waals surface area contributed by atoms with Crippen molar-refractivity contribution in [2.45, 2.75) is 32.7 Å². The minimum atomic E-state index is -0.413. The number of carbonyl (C=O) groups excluding carboxylic acids is 1. The number of hydrogen-bond donors (Lipinski definition) is 2. The van der Waals surface area contributed by atoms with Crippen molar-refractivity contribution in [2.24, 2.45) is 24.4 Å². The van der Waals surface area contributed by atoms with Crippen molar-refractivity contribution in [3.05, 3.63) is 11.3 Å². The Morgan fingerprint density at radius 1 is 1.53 bits per heavy atom. The fraction of sp³-hybridized carbons (Fsp3) is 0.692. The van der Waals surface area contributed by atoms with E-state index in [1.807, 2.05) is 20.9 Å². The highest BCUT2D eigenvalue weighted by Crippen LogP contribution is 2.28. The lowest BCUT2D eigenvalue weighted by Crippen LogP contribution is -2.43. The number of rotatable bonds is 3. The second kappa shape index (κ2) is 5.21. The van der Waals surface area contributed by atoms with Crippen molar-refractivity contribution in [1.82, 2.24) is 9.78 Å². The number of aryl methyl sites for hydroxylation is 2. The second-order valence-corrected chi connectivity index (χ2v) is 5.48. The summed E-state index contributed by atoms with van der Waals surface area (Å²) in [6, 6.07) is 0.161. The number of anilines is 1. The maximum atomic E-state index is 11.6. The molecule has 0 radical (unpaired) electrons. The first-order valence-corrected chi connectivity index (χ1v) is 6.75. The zero-order chi connectivity index (χ0) is 14.2. The molecular formula is C13H23N5O. The summed E-state index contributed by atoms with van der Waals surface area (Å²) in [6.45, 7) is 5.63. The Bertz CT molecular complexity index is 480. The Balaban J connectivity index is 2.33. The molecule has 1 saturated heterocycles. The van der Waals surface area contributed by atoms with Crippen molar-refractivity contribution < 1.29 is 4.79 Å². The van der Waals surface area contributed by atoms with Gasteiger partial charge in [0.1, 0.15) is 11.4 Å². The van der Waals surface area contributed by atoms with Gasteiger partial charge in [-0.25, -0.2) is 0 Å². The van der Waals surface area contributed by atoms with Crippen LogP contribution in [0.25, 0.3) is 0 Å². The molecule has 1 fully saturated rings. The molecule has 1 amide bonds. The van der Waals surface area contributed by atoms with Crippen LogP contribution in [0.5, 0.6) is 0 Å². The summed E-state index contributed by atoms with van der Waals surface area (Å²) >= 11 is 0. The average molecular weight is 265 g/mol. The molecule has 2 heterocycles. The Hall–Kier alpha value is -1.56. The predicted octanol–water partition coefficient (Wildman–Crippen LogP) is 0.391. The van der Waals surface area contributed by atoms with Gasteiger partial charge in [0.05, 0.1) is 5.69 Å². The summed E-state index contributed by atoms with van der Waals surface area (Å²) in [5.41, 5.74) is 12.7. The van der Waals surface area contributed by atoms with Gasteiger partial charge in [0.2, 0.25) is 0 Å². The number of piperidine rings is 1. The van der Waals surface area contributed by atoms with Gasteiger partial charge in [-0.15, -0.1) is 0 Å². The lowest BCUT2D eigenvalue weighted by molar-refractivity contribution is 0.1000. The van der Waals surface area contributed by atoms with Crippen LogP contribution in [0.3, 0.4) is 0 Å². The van der Waals surface area contributed by atoms with Crippen LogP contribution in [0, 0.1) is 12.8 Å². The number of aromatic nitrogens is 2. The first kappa shape index (κ1) is 13.9. The third-order valence-corrected chi connectivity index (χ3v) is 3.94. The molecule has 0 aromatic carbocycles. The van der Waals surface area contributed by atoms with E-state index >= 15 is 0 Å². The average Bonchev–Trinajstić information content (AvgIpc) is 2.64. The van der Waals surface area contributed by atoms with Crippen LogP contribution in [0.1, 0.15) is 35.8 Å². The van der Waals surface area contributed by atoms with Crippen molar-refractivity contribution >= 4 is 11.7 Å². The van der Waals surface area contributed by atoms with Crippen LogP contribution < -0.4 is 16.4 Å². The SMILES string of the molecule is Cc1nn(C)c(N2CCCC(C(C)N)C2)c1C(N)=O. The largest absolute Gasteiger partial charge is 0.365 e. The zero-order valence-corrected chi connectivity index (χ0v) is 11.9. The van der Waals surface area contributed by atoms with Gasteiger partial charge >= 0.3 is 0 Å². The smallest absolute Gasteiger partial charge is 0.254 e. The maximum absolute atomic E-state index is 11.6. The molecule has 2 atom stereocenters. The van der Waals surface area contributed by atoms with Crippen molar-refractivity contribution in [3.63, 3.8) is 0 Å². The number of amides is 1. The summed E-state index contributed by atoms with van der Waals surface area (Å²) in [6.07, 6.45) is 2.21. The zero-order valence-electron chi connectivity index (χ0n) is 11.9. The molecule has 0 bridgehead atoms. The van der Waals surface area contributed by atoms with E-state index in [1.165, 1.54) is 0 Å². The van der Waals surface area contributed by atoms with Crippen LogP contribution >= 0.6 is 0 Å². The number of primary amides is 1. The van der Waals surface area contributed by atoms with E-state index in [0.717, 1.165) is 31.7 Å². The van der Waals surface area contributed by atoms with Crippen LogP contribution in [0.4, 0.5) is 5.82 Å². The number of hydrogen-bond acceptors (Lipinski definition) is 4. The van der Waals surface area contributed by atoms with Gasteiger partial charge in [-0.05, 0) is 32.6 Å².